The first-order chi connectivity index (χ1) is 13.2. The summed E-state index contributed by atoms with van der Waals surface area (Å²) >= 11 is 0. The van der Waals surface area contributed by atoms with E-state index >= 15 is 0 Å². The normalized spacial score (nSPS) is 23.9. The molecule has 5 rings (SSSR count). The minimum absolute atomic E-state index is 0. The zero-order valence-electron chi connectivity index (χ0n) is 16.7. The van der Waals surface area contributed by atoms with Gasteiger partial charge in [0.25, 0.3) is 0 Å². The van der Waals surface area contributed by atoms with Crippen LogP contribution >= 0.6 is 24.0 Å². The van der Waals surface area contributed by atoms with Gasteiger partial charge in [-0.15, -0.1) is 24.0 Å². The van der Waals surface area contributed by atoms with E-state index in [0.29, 0.717) is 6.04 Å². The highest BCUT2D eigenvalue weighted by molar-refractivity contribution is 14.0. The number of hydrogen-bond donors (Lipinski definition) is 1. The molecule has 0 amide bonds. The molecule has 7 nitrogen and oxygen atoms in total. The fourth-order valence-corrected chi connectivity index (χ4v) is 4.02. The first-order valence-electron chi connectivity index (χ1n) is 9.70. The van der Waals surface area contributed by atoms with Crippen molar-refractivity contribution in [3.05, 3.63) is 48.3 Å². The van der Waals surface area contributed by atoms with Crippen LogP contribution in [0, 0.1) is 0 Å². The van der Waals surface area contributed by atoms with Crippen LogP contribution in [0.1, 0.15) is 5.56 Å². The second-order valence-electron chi connectivity index (χ2n) is 7.40. The van der Waals surface area contributed by atoms with Crippen LogP contribution in [0.4, 0.5) is 0 Å². The van der Waals surface area contributed by atoms with Crippen LogP contribution in [-0.4, -0.2) is 89.8 Å². The standard InChI is InChI=1S/C20H29N7.HI/c1-21-20(22-13-19-16-25-8-10-26(19)11-9-25)24(2)14-17-12-23-27(15-17)18-6-4-3-5-7-18;/h3-7,12,15,19H,8-11,13-14,16H2,1-2H3,(H,21,22);1H. The van der Waals surface area contributed by atoms with Gasteiger partial charge in [0.1, 0.15) is 0 Å². The third-order valence-corrected chi connectivity index (χ3v) is 5.54. The van der Waals surface area contributed by atoms with Crippen molar-refractivity contribution in [3.63, 3.8) is 0 Å². The van der Waals surface area contributed by atoms with Gasteiger partial charge in [0.15, 0.2) is 5.96 Å². The van der Waals surface area contributed by atoms with Crippen molar-refractivity contribution in [1.82, 2.24) is 29.8 Å². The third-order valence-electron chi connectivity index (χ3n) is 5.54. The van der Waals surface area contributed by atoms with Gasteiger partial charge in [-0.05, 0) is 12.1 Å². The lowest BCUT2D eigenvalue weighted by Gasteiger charge is -2.47. The van der Waals surface area contributed by atoms with Crippen LogP contribution < -0.4 is 5.32 Å². The van der Waals surface area contributed by atoms with Gasteiger partial charge in [-0.2, -0.15) is 5.10 Å². The Bertz CT molecular complexity index is 768. The van der Waals surface area contributed by atoms with Gasteiger partial charge < -0.3 is 10.2 Å². The lowest BCUT2D eigenvalue weighted by molar-refractivity contribution is 0.0152. The number of hydrogen-bond acceptors (Lipinski definition) is 4. The molecule has 1 N–H and O–H groups in total. The predicted molar refractivity (Wildman–Crippen MR) is 124 cm³/mol. The van der Waals surface area contributed by atoms with Crippen molar-refractivity contribution >= 4 is 29.9 Å². The summed E-state index contributed by atoms with van der Waals surface area (Å²) in [4.78, 5) is 11.8. The Morgan fingerprint density at radius 2 is 1.96 bits per heavy atom. The minimum Gasteiger partial charge on any atom is -0.355 e. The van der Waals surface area contributed by atoms with Crippen LogP contribution in [-0.2, 0) is 6.54 Å². The minimum atomic E-state index is 0. The van der Waals surface area contributed by atoms with E-state index < -0.39 is 0 Å². The van der Waals surface area contributed by atoms with E-state index in [1.54, 1.807) is 0 Å². The summed E-state index contributed by atoms with van der Waals surface area (Å²) in [6.07, 6.45) is 4.01. The Hall–Kier alpha value is -1.65. The number of rotatable bonds is 5. The molecule has 1 unspecified atom stereocenters. The summed E-state index contributed by atoms with van der Waals surface area (Å²) in [5.41, 5.74) is 2.24. The largest absolute Gasteiger partial charge is 0.355 e. The molecular formula is C20H30IN7. The third kappa shape index (κ3) is 4.84. The fourth-order valence-electron chi connectivity index (χ4n) is 4.02. The predicted octanol–water partition coefficient (Wildman–Crippen LogP) is 1.50. The molecule has 3 aliphatic rings. The lowest BCUT2D eigenvalue weighted by atomic mass is 10.1. The number of halogens is 1. The van der Waals surface area contributed by atoms with Crippen LogP contribution in [0.25, 0.3) is 5.69 Å². The van der Waals surface area contributed by atoms with Gasteiger partial charge in [-0.3, -0.25) is 14.8 Å². The Kier molecular flexibility index (Phi) is 7.30. The molecular weight excluding hydrogens is 465 g/mol. The maximum absolute atomic E-state index is 4.49. The molecule has 1 atom stereocenters. The lowest BCUT2D eigenvalue weighted by Crippen LogP contribution is -2.63. The number of piperazine rings is 3. The highest BCUT2D eigenvalue weighted by Crippen LogP contribution is 2.15. The molecule has 0 saturated carbocycles. The van der Waals surface area contributed by atoms with Gasteiger partial charge in [0.2, 0.25) is 0 Å². The first kappa shape index (κ1) is 21.1. The maximum atomic E-state index is 4.49. The van der Waals surface area contributed by atoms with Gasteiger partial charge >= 0.3 is 0 Å². The number of nitrogens with one attached hydrogen (secondary N) is 1. The van der Waals surface area contributed by atoms with Crippen LogP contribution in [0.5, 0.6) is 0 Å². The Labute approximate surface area is 184 Å². The Balaban J connectivity index is 0.00000225. The topological polar surface area (TPSA) is 51.9 Å². The molecule has 0 spiro atoms. The molecule has 4 heterocycles. The highest BCUT2D eigenvalue weighted by atomic mass is 127. The highest BCUT2D eigenvalue weighted by Gasteiger charge is 2.31. The van der Waals surface area contributed by atoms with Crippen molar-refractivity contribution in [2.45, 2.75) is 12.6 Å². The number of benzene rings is 1. The van der Waals surface area contributed by atoms with E-state index in [-0.39, 0.29) is 24.0 Å². The average Bonchev–Trinajstić information content (AvgIpc) is 3.18. The van der Waals surface area contributed by atoms with Crippen molar-refractivity contribution < 1.29 is 0 Å². The number of fused-ring (bicyclic) bond motifs is 3. The van der Waals surface area contributed by atoms with Gasteiger partial charge in [0.05, 0.1) is 11.9 Å². The molecule has 8 heteroatoms. The molecule has 0 aliphatic carbocycles. The van der Waals surface area contributed by atoms with Crippen LogP contribution in [0.15, 0.2) is 47.7 Å². The van der Waals surface area contributed by atoms with E-state index in [1.165, 1.54) is 26.2 Å². The molecule has 28 heavy (non-hydrogen) atoms. The van der Waals surface area contributed by atoms with Crippen molar-refractivity contribution in [2.75, 3.05) is 53.4 Å². The van der Waals surface area contributed by atoms with Crippen molar-refractivity contribution in [3.8, 4) is 5.69 Å². The van der Waals surface area contributed by atoms with Crippen molar-refractivity contribution in [1.29, 1.82) is 0 Å². The fraction of sp³-hybridized carbons (Fsp3) is 0.500. The summed E-state index contributed by atoms with van der Waals surface area (Å²) in [6.45, 7) is 7.70. The van der Waals surface area contributed by atoms with Crippen LogP contribution in [0.2, 0.25) is 0 Å². The first-order valence-corrected chi connectivity index (χ1v) is 9.70. The van der Waals surface area contributed by atoms with Gasteiger partial charge in [-0.1, -0.05) is 18.2 Å². The number of nitrogens with zero attached hydrogens (tertiary/aromatic N) is 6. The average molecular weight is 495 g/mol. The van der Waals surface area contributed by atoms with Crippen molar-refractivity contribution in [2.24, 2.45) is 4.99 Å². The van der Waals surface area contributed by atoms with E-state index in [0.717, 1.165) is 36.8 Å². The number of para-hydroxylation sites is 1. The Morgan fingerprint density at radius 3 is 2.61 bits per heavy atom. The molecule has 2 aromatic rings. The van der Waals surface area contributed by atoms with E-state index in [4.69, 9.17) is 0 Å². The molecule has 1 aromatic heterocycles. The molecule has 3 saturated heterocycles. The monoisotopic (exact) mass is 495 g/mol. The number of aliphatic imine (C=N–C) groups is 1. The molecule has 0 radical (unpaired) electrons. The summed E-state index contributed by atoms with van der Waals surface area (Å²) in [5.74, 6) is 0.931. The van der Waals surface area contributed by atoms with Gasteiger partial charge in [0, 0.05) is 77.7 Å². The van der Waals surface area contributed by atoms with E-state index in [2.05, 4.69) is 55.5 Å². The molecule has 3 fully saturated rings. The second-order valence-corrected chi connectivity index (χ2v) is 7.40. The van der Waals surface area contributed by atoms with E-state index in [1.807, 2.05) is 36.1 Å². The van der Waals surface area contributed by atoms with E-state index in [9.17, 15) is 0 Å². The van der Waals surface area contributed by atoms with Gasteiger partial charge in [-0.25, -0.2) is 4.68 Å². The summed E-state index contributed by atoms with van der Waals surface area (Å²) in [7, 11) is 3.93. The molecule has 2 bridgehead atoms. The second kappa shape index (κ2) is 9.71. The SMILES string of the molecule is CN=C(NCC1CN2CCN1CC2)N(C)Cc1cnn(-c2ccccc2)c1.I. The molecule has 3 aliphatic heterocycles. The summed E-state index contributed by atoms with van der Waals surface area (Å²) < 4.78 is 1.92. The number of aromatic nitrogens is 2. The number of guanidine groups is 1. The summed E-state index contributed by atoms with van der Waals surface area (Å²) in [5, 5.41) is 8.05. The zero-order chi connectivity index (χ0) is 18.6. The Morgan fingerprint density at radius 1 is 1.21 bits per heavy atom. The smallest absolute Gasteiger partial charge is 0.193 e. The van der Waals surface area contributed by atoms with Crippen LogP contribution in [0.3, 0.4) is 0 Å². The summed E-state index contributed by atoms with van der Waals surface area (Å²) in [6, 6.07) is 10.8. The molecule has 1 aromatic carbocycles. The maximum Gasteiger partial charge on any atom is 0.193 e. The quantitative estimate of drug-likeness (QED) is 0.387. The molecule has 152 valence electrons. The zero-order valence-corrected chi connectivity index (χ0v) is 19.0.